The summed E-state index contributed by atoms with van der Waals surface area (Å²) in [6.07, 6.45) is 11.1. The zero-order valence-corrected chi connectivity index (χ0v) is 31.3. The number of piperidine rings is 1. The third kappa shape index (κ3) is 9.59. The van der Waals surface area contributed by atoms with Crippen LogP contribution in [0.4, 0.5) is 0 Å². The van der Waals surface area contributed by atoms with E-state index in [1.165, 1.54) is 11.8 Å². The molecule has 11 heteroatoms. The molecule has 2 N–H and O–H groups in total. The maximum Gasteiger partial charge on any atom is 0.320 e. The van der Waals surface area contributed by atoms with E-state index >= 15 is 0 Å². The van der Waals surface area contributed by atoms with E-state index in [0.717, 1.165) is 61.2 Å². The van der Waals surface area contributed by atoms with Gasteiger partial charge in [-0.2, -0.15) is 5.26 Å². The number of β-amino-alcohol motifs (C(OH)–C–C–N with tert-alkyl or cyclic N) is 1. The quantitative estimate of drug-likeness (QED) is 0.156. The van der Waals surface area contributed by atoms with Crippen LogP contribution in [0.5, 0.6) is 11.5 Å². The van der Waals surface area contributed by atoms with E-state index in [-0.39, 0.29) is 30.7 Å². The van der Waals surface area contributed by atoms with E-state index in [2.05, 4.69) is 54.1 Å². The van der Waals surface area contributed by atoms with Crippen molar-refractivity contribution >= 4 is 23.1 Å². The molecule has 1 aromatic heterocycles. The number of ether oxygens (including phenoxy) is 3. The summed E-state index contributed by atoms with van der Waals surface area (Å²) in [5.41, 5.74) is 3.86. The fourth-order valence-electron chi connectivity index (χ4n) is 7.64. The van der Waals surface area contributed by atoms with Gasteiger partial charge in [0.1, 0.15) is 36.0 Å². The molecular formula is C42H49ClN4O6. The van der Waals surface area contributed by atoms with Gasteiger partial charge in [-0.15, -0.1) is 0 Å². The summed E-state index contributed by atoms with van der Waals surface area (Å²) in [6.45, 7) is 8.88. The maximum atomic E-state index is 12.1. The van der Waals surface area contributed by atoms with E-state index < -0.39 is 12.0 Å². The minimum atomic E-state index is -0.836. The molecule has 0 saturated carbocycles. The summed E-state index contributed by atoms with van der Waals surface area (Å²) in [6, 6.07) is 17.2. The highest BCUT2D eigenvalue weighted by Crippen LogP contribution is 2.48. The van der Waals surface area contributed by atoms with Crippen LogP contribution in [-0.2, 0) is 22.7 Å². The Morgan fingerprint density at radius 3 is 2.62 bits per heavy atom. The van der Waals surface area contributed by atoms with Crippen LogP contribution in [0.15, 0.2) is 78.8 Å². The third-order valence-electron chi connectivity index (χ3n) is 10.7. The number of rotatable bonds is 15. The molecule has 3 atom stereocenters. The maximum absolute atomic E-state index is 12.1. The minimum Gasteiger partial charge on any atom is -0.497 e. The molecule has 6 rings (SSSR count). The number of carboxylic acid groups (broad SMARTS) is 1. The van der Waals surface area contributed by atoms with Crippen molar-refractivity contribution < 1.29 is 29.2 Å². The number of aliphatic carboxylic acids is 1. The van der Waals surface area contributed by atoms with Crippen molar-refractivity contribution in [2.45, 2.75) is 71.2 Å². The number of aromatic nitrogens is 1. The van der Waals surface area contributed by atoms with Crippen molar-refractivity contribution in [1.82, 2.24) is 14.8 Å². The number of pyridine rings is 1. The second-order valence-corrected chi connectivity index (χ2v) is 15.1. The Bertz CT molecular complexity index is 1840. The summed E-state index contributed by atoms with van der Waals surface area (Å²) in [5.74, 6) is 0.822. The van der Waals surface area contributed by atoms with Gasteiger partial charge in [0.15, 0.2) is 0 Å². The number of halogens is 1. The van der Waals surface area contributed by atoms with E-state index in [0.29, 0.717) is 54.7 Å². The SMILES string of the molecule is CC1(C)C(c2ccccc2)=CC=C(OCCCN2CC[C@@H](O)C2)C1COc1cc(OCc2cncc(C#N)c2)c(CN2CCCC[C@H]2C(=O)O)cc1Cl. The molecule has 0 bridgehead atoms. The van der Waals surface area contributed by atoms with Gasteiger partial charge in [-0.1, -0.05) is 68.3 Å². The number of aliphatic hydroxyl groups excluding tert-OH is 1. The van der Waals surface area contributed by atoms with Crippen LogP contribution in [-0.4, -0.2) is 82.5 Å². The van der Waals surface area contributed by atoms with Gasteiger partial charge in [0.05, 0.1) is 35.8 Å². The first-order valence-electron chi connectivity index (χ1n) is 18.5. The van der Waals surface area contributed by atoms with E-state index in [1.54, 1.807) is 18.3 Å². The number of carboxylic acids is 1. The normalized spacial score (nSPS) is 21.7. The number of likely N-dealkylation sites (tertiary alicyclic amines) is 2. The summed E-state index contributed by atoms with van der Waals surface area (Å²) in [5, 5.41) is 29.7. The summed E-state index contributed by atoms with van der Waals surface area (Å²) < 4.78 is 19.5. The molecule has 0 radical (unpaired) electrons. The summed E-state index contributed by atoms with van der Waals surface area (Å²) >= 11 is 6.96. The van der Waals surface area contributed by atoms with Gasteiger partial charge in [-0.05, 0) is 61.6 Å². The minimum absolute atomic E-state index is 0.150. The van der Waals surface area contributed by atoms with Crippen LogP contribution in [0.3, 0.4) is 0 Å². The van der Waals surface area contributed by atoms with Gasteiger partial charge in [0, 0.05) is 61.2 Å². The second-order valence-electron chi connectivity index (χ2n) is 14.7. The van der Waals surface area contributed by atoms with Crippen molar-refractivity contribution in [1.29, 1.82) is 5.26 Å². The molecule has 3 aliphatic rings. The van der Waals surface area contributed by atoms with Crippen molar-refractivity contribution in [3.63, 3.8) is 0 Å². The molecule has 3 aromatic rings. The Balaban J connectivity index is 1.24. The van der Waals surface area contributed by atoms with E-state index in [4.69, 9.17) is 25.8 Å². The number of aliphatic hydroxyl groups is 1. The van der Waals surface area contributed by atoms with Crippen LogP contribution >= 0.6 is 11.6 Å². The zero-order valence-electron chi connectivity index (χ0n) is 30.5. The van der Waals surface area contributed by atoms with Crippen LogP contribution in [0.25, 0.3) is 5.57 Å². The highest BCUT2D eigenvalue weighted by Gasteiger charge is 2.40. The highest BCUT2D eigenvalue weighted by molar-refractivity contribution is 6.32. The zero-order chi connectivity index (χ0) is 37.4. The van der Waals surface area contributed by atoms with Crippen LogP contribution < -0.4 is 9.47 Å². The number of allylic oxidation sites excluding steroid dienone is 3. The predicted molar refractivity (Wildman–Crippen MR) is 203 cm³/mol. The number of nitriles is 1. The Morgan fingerprint density at radius 1 is 1.04 bits per heavy atom. The number of hydrogen-bond donors (Lipinski definition) is 2. The molecule has 3 heterocycles. The van der Waals surface area contributed by atoms with Gasteiger partial charge in [-0.25, -0.2) is 0 Å². The standard InChI is InChI=1S/C42H49ClN4O6/c1-42(2)34(31-9-4-3-5-10-31)12-13-38(51-18-8-15-46-17-14-33(48)26-46)35(42)28-53-40-21-39(52-27-30-19-29(22-44)23-45-24-30)32(20-36(40)43)25-47-16-7-6-11-37(47)41(49)50/h3-5,9-10,12-13,19-21,23-24,33,35,37,48H,6-8,11,14-18,25-28H2,1-2H3,(H,49,50)/t33-,35?,37+/m1/s1. The smallest absolute Gasteiger partial charge is 0.320 e. The third-order valence-corrected chi connectivity index (χ3v) is 10.9. The Labute approximate surface area is 317 Å². The average Bonchev–Trinajstić information content (AvgIpc) is 3.58. The molecule has 1 aliphatic carbocycles. The van der Waals surface area contributed by atoms with E-state index in [1.807, 2.05) is 29.2 Å². The highest BCUT2D eigenvalue weighted by atomic mass is 35.5. The lowest BCUT2D eigenvalue weighted by Gasteiger charge is -2.40. The molecule has 1 unspecified atom stereocenters. The molecule has 2 saturated heterocycles. The van der Waals surface area contributed by atoms with Crippen molar-refractivity contribution in [2.75, 3.05) is 39.4 Å². The first-order chi connectivity index (χ1) is 25.6. The second kappa shape index (κ2) is 17.6. The fraction of sp³-hybridized carbons (Fsp3) is 0.452. The largest absolute Gasteiger partial charge is 0.497 e. The number of nitrogens with zero attached hydrogens (tertiary/aromatic N) is 4. The van der Waals surface area contributed by atoms with Crippen molar-refractivity contribution in [2.24, 2.45) is 11.3 Å². The van der Waals surface area contributed by atoms with Gasteiger partial charge in [-0.3, -0.25) is 14.7 Å². The summed E-state index contributed by atoms with van der Waals surface area (Å²) in [7, 11) is 0. The molecule has 0 amide bonds. The molecule has 53 heavy (non-hydrogen) atoms. The molecular weight excluding hydrogens is 692 g/mol. The van der Waals surface area contributed by atoms with Gasteiger partial charge in [0.25, 0.3) is 0 Å². The topological polar surface area (TPSA) is 128 Å². The molecule has 0 spiro atoms. The Kier molecular flexibility index (Phi) is 12.7. The fourth-order valence-corrected chi connectivity index (χ4v) is 7.88. The van der Waals surface area contributed by atoms with Crippen molar-refractivity contribution in [3.05, 3.63) is 106 Å². The van der Waals surface area contributed by atoms with Crippen LogP contribution in [0.2, 0.25) is 5.02 Å². The average molecular weight is 741 g/mol. The molecule has 2 aromatic carbocycles. The number of hydrogen-bond acceptors (Lipinski definition) is 9. The molecule has 2 fully saturated rings. The van der Waals surface area contributed by atoms with Gasteiger partial charge < -0.3 is 29.3 Å². The van der Waals surface area contributed by atoms with Crippen LogP contribution in [0, 0.1) is 22.7 Å². The monoisotopic (exact) mass is 740 g/mol. The predicted octanol–water partition coefficient (Wildman–Crippen LogP) is 7.10. The number of benzene rings is 2. The Hall–Kier alpha value is -4.40. The Morgan fingerprint density at radius 2 is 1.87 bits per heavy atom. The summed E-state index contributed by atoms with van der Waals surface area (Å²) in [4.78, 5) is 20.5. The van der Waals surface area contributed by atoms with E-state index in [9.17, 15) is 20.3 Å². The van der Waals surface area contributed by atoms with Gasteiger partial charge >= 0.3 is 5.97 Å². The van der Waals surface area contributed by atoms with Gasteiger partial charge in [0.2, 0.25) is 0 Å². The lowest BCUT2D eigenvalue weighted by molar-refractivity contribution is -0.144. The lowest BCUT2D eigenvalue weighted by atomic mass is 9.67. The van der Waals surface area contributed by atoms with Crippen molar-refractivity contribution in [3.8, 4) is 17.6 Å². The lowest BCUT2D eigenvalue weighted by Crippen LogP contribution is -2.44. The first kappa shape index (κ1) is 38.3. The first-order valence-corrected chi connectivity index (χ1v) is 18.9. The molecule has 2 aliphatic heterocycles. The molecule has 280 valence electrons. The van der Waals surface area contributed by atoms with Crippen LogP contribution in [0.1, 0.15) is 68.2 Å². The number of carbonyl (C=O) groups is 1. The molecule has 10 nitrogen and oxygen atoms in total.